The van der Waals surface area contributed by atoms with Crippen LogP contribution in [0.2, 0.25) is 0 Å². The molecule has 0 radical (unpaired) electrons. The quantitative estimate of drug-likeness (QED) is 0.852. The molecule has 1 fully saturated rings. The lowest BCUT2D eigenvalue weighted by atomic mass is 10.2. The number of hydrogen-bond donors (Lipinski definition) is 1. The summed E-state index contributed by atoms with van der Waals surface area (Å²) in [5.74, 6) is 0.719. The summed E-state index contributed by atoms with van der Waals surface area (Å²) >= 11 is 0. The molecule has 0 aromatic heterocycles. The van der Waals surface area contributed by atoms with Crippen LogP contribution in [0.15, 0.2) is 48.5 Å². The maximum Gasteiger partial charge on any atom is 0.265 e. The fraction of sp³-hybridized carbons (Fsp3) is 0.350. The number of carbonyl (C=O) groups is 1. The Morgan fingerprint density at radius 3 is 2.44 bits per heavy atom. The van der Waals surface area contributed by atoms with Crippen molar-refractivity contribution in [3.05, 3.63) is 54.1 Å². The lowest BCUT2D eigenvalue weighted by Crippen LogP contribution is -2.40. The van der Waals surface area contributed by atoms with Gasteiger partial charge in [-0.2, -0.15) is 0 Å². The second-order valence-electron chi connectivity index (χ2n) is 6.75. The van der Waals surface area contributed by atoms with Crippen LogP contribution in [0, 0.1) is 6.92 Å². The highest BCUT2D eigenvalue weighted by atomic mass is 32.2. The molecule has 1 aliphatic rings. The molecule has 1 saturated heterocycles. The summed E-state index contributed by atoms with van der Waals surface area (Å²) < 4.78 is 28.9. The minimum absolute atomic E-state index is 0.158. The van der Waals surface area contributed by atoms with Crippen LogP contribution in [0.25, 0.3) is 0 Å². The Kier molecular flexibility index (Phi) is 5.70. The first-order chi connectivity index (χ1) is 12.8. The van der Waals surface area contributed by atoms with Crippen LogP contribution in [0.5, 0.6) is 5.75 Å². The molecule has 144 valence electrons. The number of sulfone groups is 1. The maximum atomic E-state index is 12.4. The first-order valence-corrected chi connectivity index (χ1v) is 10.7. The van der Waals surface area contributed by atoms with E-state index in [0.29, 0.717) is 24.5 Å². The van der Waals surface area contributed by atoms with Crippen molar-refractivity contribution < 1.29 is 17.9 Å². The Morgan fingerprint density at radius 1 is 1.11 bits per heavy atom. The van der Waals surface area contributed by atoms with Gasteiger partial charge in [0.15, 0.2) is 15.9 Å². The van der Waals surface area contributed by atoms with Gasteiger partial charge in [-0.1, -0.05) is 23.8 Å². The van der Waals surface area contributed by atoms with Gasteiger partial charge < -0.3 is 15.0 Å². The van der Waals surface area contributed by atoms with E-state index in [2.05, 4.69) is 5.32 Å². The van der Waals surface area contributed by atoms with Gasteiger partial charge in [0.05, 0.1) is 11.5 Å². The van der Waals surface area contributed by atoms with E-state index in [1.165, 1.54) is 0 Å². The first-order valence-electron chi connectivity index (χ1n) is 8.92. The van der Waals surface area contributed by atoms with Gasteiger partial charge in [-0.05, 0) is 44.2 Å². The number of aryl methyl sites for hydroxylation is 1. The number of ether oxygens (including phenoxy) is 1. The van der Waals surface area contributed by atoms with Crippen LogP contribution in [0.1, 0.15) is 12.5 Å². The fourth-order valence-corrected chi connectivity index (χ4v) is 4.07. The monoisotopic (exact) mass is 388 g/mol. The molecule has 0 spiro atoms. The molecule has 2 aromatic carbocycles. The smallest absolute Gasteiger partial charge is 0.265 e. The van der Waals surface area contributed by atoms with Crippen LogP contribution in [-0.2, 0) is 14.6 Å². The largest absolute Gasteiger partial charge is 0.481 e. The Bertz CT molecular complexity index is 896. The summed E-state index contributed by atoms with van der Waals surface area (Å²) in [4.78, 5) is 14.4. The molecule has 1 heterocycles. The second-order valence-corrected chi connectivity index (χ2v) is 9.06. The Balaban J connectivity index is 1.61. The van der Waals surface area contributed by atoms with Crippen LogP contribution in [0.3, 0.4) is 0 Å². The number of nitrogens with zero attached hydrogens (tertiary/aromatic N) is 1. The molecule has 1 amide bonds. The minimum Gasteiger partial charge on any atom is -0.481 e. The summed E-state index contributed by atoms with van der Waals surface area (Å²) in [7, 11) is -2.92. The molecule has 6 nitrogen and oxygen atoms in total. The third-order valence-corrected chi connectivity index (χ3v) is 6.14. The highest BCUT2D eigenvalue weighted by Gasteiger charge is 2.22. The summed E-state index contributed by atoms with van der Waals surface area (Å²) in [6, 6.07) is 15.0. The summed E-state index contributed by atoms with van der Waals surface area (Å²) in [6.45, 7) is 4.62. The second kappa shape index (κ2) is 8.00. The van der Waals surface area contributed by atoms with E-state index in [1.807, 2.05) is 54.3 Å². The molecule has 3 rings (SSSR count). The Hall–Kier alpha value is -2.54. The SMILES string of the molecule is Cc1ccc(O[C@H](C)C(=O)Nc2cccc(N3CCS(=O)(=O)CC3)c2)cc1. The van der Waals surface area contributed by atoms with Gasteiger partial charge in [0.1, 0.15) is 5.75 Å². The number of amides is 1. The van der Waals surface area contributed by atoms with E-state index in [4.69, 9.17) is 4.74 Å². The summed E-state index contributed by atoms with van der Waals surface area (Å²) in [6.07, 6.45) is -0.642. The van der Waals surface area contributed by atoms with Crippen molar-refractivity contribution in [3.63, 3.8) is 0 Å². The van der Waals surface area contributed by atoms with Crippen LogP contribution in [-0.4, -0.2) is 45.0 Å². The molecular weight excluding hydrogens is 364 g/mol. The van der Waals surface area contributed by atoms with Crippen molar-refractivity contribution in [1.29, 1.82) is 0 Å². The van der Waals surface area contributed by atoms with Crippen molar-refractivity contribution in [1.82, 2.24) is 0 Å². The van der Waals surface area contributed by atoms with Crippen LogP contribution >= 0.6 is 0 Å². The Labute approximate surface area is 160 Å². The molecule has 1 atom stereocenters. The summed E-state index contributed by atoms with van der Waals surface area (Å²) in [5.41, 5.74) is 2.68. The van der Waals surface area contributed by atoms with Gasteiger partial charge in [-0.3, -0.25) is 4.79 Å². The highest BCUT2D eigenvalue weighted by molar-refractivity contribution is 7.91. The number of nitrogens with one attached hydrogen (secondary N) is 1. The number of hydrogen-bond acceptors (Lipinski definition) is 5. The lowest BCUT2D eigenvalue weighted by Gasteiger charge is -2.29. The standard InChI is InChI=1S/C20H24N2O4S/c1-15-6-8-19(9-7-15)26-16(2)20(23)21-17-4-3-5-18(14-17)22-10-12-27(24,25)13-11-22/h3-9,14,16H,10-13H2,1-2H3,(H,21,23)/t16-/m1/s1. The maximum absolute atomic E-state index is 12.4. The zero-order valence-corrected chi connectivity index (χ0v) is 16.3. The van der Waals surface area contributed by atoms with E-state index in [-0.39, 0.29) is 17.4 Å². The van der Waals surface area contributed by atoms with Crippen molar-refractivity contribution >= 4 is 27.1 Å². The van der Waals surface area contributed by atoms with E-state index in [0.717, 1.165) is 11.3 Å². The van der Waals surface area contributed by atoms with Crippen molar-refractivity contribution in [3.8, 4) is 5.75 Å². The number of anilines is 2. The molecule has 0 unspecified atom stereocenters. The van der Waals surface area contributed by atoms with Gasteiger partial charge >= 0.3 is 0 Å². The molecule has 0 aliphatic carbocycles. The lowest BCUT2D eigenvalue weighted by molar-refractivity contribution is -0.122. The number of rotatable bonds is 5. The Morgan fingerprint density at radius 2 is 1.78 bits per heavy atom. The molecule has 1 N–H and O–H groups in total. The molecule has 0 saturated carbocycles. The summed E-state index contributed by atoms with van der Waals surface area (Å²) in [5, 5.41) is 2.86. The van der Waals surface area contributed by atoms with E-state index in [1.54, 1.807) is 13.0 Å². The molecule has 2 aromatic rings. The topological polar surface area (TPSA) is 75.7 Å². The van der Waals surface area contributed by atoms with E-state index in [9.17, 15) is 13.2 Å². The van der Waals surface area contributed by atoms with Crippen molar-refractivity contribution in [2.75, 3.05) is 34.8 Å². The van der Waals surface area contributed by atoms with E-state index >= 15 is 0 Å². The molecule has 27 heavy (non-hydrogen) atoms. The normalized spacial score (nSPS) is 17.2. The number of carbonyl (C=O) groups excluding carboxylic acids is 1. The number of benzene rings is 2. The third kappa shape index (κ3) is 5.23. The predicted octanol–water partition coefficient (Wildman–Crippen LogP) is 2.64. The fourth-order valence-electron chi connectivity index (χ4n) is 2.87. The first kappa shape index (κ1) is 19.2. The minimum atomic E-state index is -2.92. The molecule has 0 bridgehead atoms. The average Bonchev–Trinajstić information content (AvgIpc) is 2.64. The van der Waals surface area contributed by atoms with Crippen molar-refractivity contribution in [2.45, 2.75) is 20.0 Å². The zero-order valence-electron chi connectivity index (χ0n) is 15.5. The van der Waals surface area contributed by atoms with Crippen LogP contribution < -0.4 is 15.0 Å². The van der Waals surface area contributed by atoms with Gasteiger partial charge in [0, 0.05) is 24.5 Å². The third-order valence-electron chi connectivity index (χ3n) is 4.53. The predicted molar refractivity (Wildman–Crippen MR) is 107 cm³/mol. The van der Waals surface area contributed by atoms with Gasteiger partial charge in [-0.25, -0.2) is 8.42 Å². The van der Waals surface area contributed by atoms with E-state index < -0.39 is 15.9 Å². The van der Waals surface area contributed by atoms with Gasteiger partial charge in [0.25, 0.3) is 5.91 Å². The average molecular weight is 388 g/mol. The molecular formula is C20H24N2O4S. The van der Waals surface area contributed by atoms with Gasteiger partial charge in [-0.15, -0.1) is 0 Å². The zero-order chi connectivity index (χ0) is 19.4. The van der Waals surface area contributed by atoms with Gasteiger partial charge in [0.2, 0.25) is 0 Å². The molecule has 1 aliphatic heterocycles. The molecule has 7 heteroatoms. The van der Waals surface area contributed by atoms with Crippen molar-refractivity contribution in [2.24, 2.45) is 0 Å². The highest BCUT2D eigenvalue weighted by Crippen LogP contribution is 2.22. The van der Waals surface area contributed by atoms with Crippen LogP contribution in [0.4, 0.5) is 11.4 Å².